The summed E-state index contributed by atoms with van der Waals surface area (Å²) in [7, 11) is 0. The van der Waals surface area contributed by atoms with Gasteiger partial charge < -0.3 is 25.2 Å². The van der Waals surface area contributed by atoms with E-state index in [0.29, 0.717) is 13.1 Å². The highest BCUT2D eigenvalue weighted by atomic mass is 32.2. The minimum absolute atomic E-state index is 0.0128. The second-order valence-corrected chi connectivity index (χ2v) is 12.9. The van der Waals surface area contributed by atoms with Gasteiger partial charge in [-0.25, -0.2) is 9.78 Å². The Hall–Kier alpha value is -3.73. The molecule has 1 saturated heterocycles. The van der Waals surface area contributed by atoms with Crippen molar-refractivity contribution in [1.29, 1.82) is 0 Å². The predicted octanol–water partition coefficient (Wildman–Crippen LogP) is 7.61. The summed E-state index contributed by atoms with van der Waals surface area (Å²) < 4.78 is 15.3. The zero-order valence-corrected chi connectivity index (χ0v) is 26.1. The summed E-state index contributed by atoms with van der Waals surface area (Å²) in [6, 6.07) is 32.5. The average molecular weight is 626 g/mol. The van der Waals surface area contributed by atoms with Crippen LogP contribution in [0.25, 0.3) is 21.3 Å². The van der Waals surface area contributed by atoms with E-state index in [9.17, 15) is 9.90 Å². The molecule has 9 heteroatoms. The molecule has 4 aromatic carbocycles. The highest BCUT2D eigenvalue weighted by Gasteiger charge is 2.32. The predicted molar refractivity (Wildman–Crippen MR) is 177 cm³/mol. The number of aliphatic hydroxyl groups is 1. The first-order valence-electron chi connectivity index (χ1n) is 14.8. The van der Waals surface area contributed by atoms with Gasteiger partial charge in [0.15, 0.2) is 10.6 Å². The van der Waals surface area contributed by atoms with Gasteiger partial charge in [-0.05, 0) is 52.9 Å². The van der Waals surface area contributed by atoms with Crippen molar-refractivity contribution in [1.82, 2.24) is 15.6 Å². The number of fused-ring (bicyclic) bond motifs is 1. The maximum atomic E-state index is 11.8. The molecule has 2 heterocycles. The van der Waals surface area contributed by atoms with E-state index in [4.69, 9.17) is 14.5 Å². The number of benzene rings is 4. The third kappa shape index (κ3) is 7.49. The highest BCUT2D eigenvalue weighted by Crippen LogP contribution is 2.40. The van der Waals surface area contributed by atoms with Gasteiger partial charge in [-0.15, -0.1) is 11.3 Å². The molecule has 0 bridgehead atoms. The molecule has 0 spiro atoms. The first-order chi connectivity index (χ1) is 21.6. The third-order valence-corrected chi connectivity index (χ3v) is 9.83. The van der Waals surface area contributed by atoms with E-state index in [0.717, 1.165) is 55.4 Å². The second kappa shape index (κ2) is 14.4. The number of ether oxygens (including phenoxy) is 2. The van der Waals surface area contributed by atoms with Crippen LogP contribution in [0, 0.1) is 0 Å². The first kappa shape index (κ1) is 30.3. The largest absolute Gasteiger partial charge is 0.392 e. The number of thiazole rings is 1. The summed E-state index contributed by atoms with van der Waals surface area (Å²) >= 11 is 3.44. The van der Waals surface area contributed by atoms with E-state index >= 15 is 0 Å². The molecule has 0 radical (unpaired) electrons. The van der Waals surface area contributed by atoms with Gasteiger partial charge in [0.25, 0.3) is 0 Å². The fraction of sp³-hybridized carbons (Fsp3) is 0.257. The van der Waals surface area contributed by atoms with Gasteiger partial charge in [0.2, 0.25) is 0 Å². The molecule has 5 aromatic rings. The molecule has 1 fully saturated rings. The van der Waals surface area contributed by atoms with Gasteiger partial charge in [-0.3, -0.25) is 0 Å². The van der Waals surface area contributed by atoms with Crippen molar-refractivity contribution in [3.05, 3.63) is 119 Å². The minimum Gasteiger partial charge on any atom is -0.392 e. The first-order valence-corrected chi connectivity index (χ1v) is 16.6. The molecular formula is C35H35N3O4S2. The molecule has 0 aliphatic carbocycles. The molecule has 3 atom stereocenters. The van der Waals surface area contributed by atoms with Crippen LogP contribution in [0.5, 0.6) is 0 Å². The lowest BCUT2D eigenvalue weighted by molar-refractivity contribution is -0.245. The Bertz CT molecular complexity index is 1660. The summed E-state index contributed by atoms with van der Waals surface area (Å²) in [6.07, 6.45) is 0.0226. The summed E-state index contributed by atoms with van der Waals surface area (Å²) in [5.74, 6) is 0.764. The number of hydrogen-bond donors (Lipinski definition) is 3. The van der Waals surface area contributed by atoms with Crippen LogP contribution >= 0.6 is 23.1 Å². The Morgan fingerprint density at radius 3 is 2.48 bits per heavy atom. The van der Waals surface area contributed by atoms with Crippen LogP contribution in [-0.4, -0.2) is 34.5 Å². The number of carbonyl (C=O) groups is 1. The molecule has 2 amide bonds. The number of rotatable bonds is 10. The number of carbonyl (C=O) groups excluding carboxylic acids is 1. The molecular weight excluding hydrogens is 591 g/mol. The second-order valence-electron chi connectivity index (χ2n) is 10.6. The van der Waals surface area contributed by atoms with Crippen molar-refractivity contribution >= 4 is 39.3 Å². The van der Waals surface area contributed by atoms with Crippen LogP contribution in [-0.2, 0) is 22.6 Å². The van der Waals surface area contributed by atoms with Gasteiger partial charge in [0.05, 0.1) is 29.0 Å². The van der Waals surface area contributed by atoms with E-state index in [-0.39, 0.29) is 24.8 Å². The van der Waals surface area contributed by atoms with Crippen molar-refractivity contribution in [2.24, 2.45) is 0 Å². The molecule has 1 aliphatic rings. The van der Waals surface area contributed by atoms with E-state index in [2.05, 4.69) is 53.1 Å². The minimum atomic E-state index is -0.520. The Labute approximate surface area is 265 Å². The van der Waals surface area contributed by atoms with Gasteiger partial charge in [-0.2, -0.15) is 0 Å². The maximum Gasteiger partial charge on any atom is 0.315 e. The fourth-order valence-corrected chi connectivity index (χ4v) is 7.31. The van der Waals surface area contributed by atoms with E-state index in [1.807, 2.05) is 61.5 Å². The van der Waals surface area contributed by atoms with Crippen molar-refractivity contribution in [2.45, 2.75) is 49.3 Å². The lowest BCUT2D eigenvalue weighted by Crippen LogP contribution is -2.34. The number of nitrogens with one attached hydrogen (secondary N) is 2. The molecule has 1 aromatic heterocycles. The van der Waals surface area contributed by atoms with Crippen molar-refractivity contribution in [3.63, 3.8) is 0 Å². The van der Waals surface area contributed by atoms with Crippen LogP contribution < -0.4 is 10.6 Å². The molecule has 0 unspecified atom stereocenters. The number of para-hydroxylation sites is 1. The zero-order valence-electron chi connectivity index (χ0n) is 24.4. The number of amides is 2. The van der Waals surface area contributed by atoms with Gasteiger partial charge >= 0.3 is 6.03 Å². The zero-order chi connectivity index (χ0) is 30.3. The number of aliphatic hydroxyl groups excluding tert-OH is 1. The maximum absolute atomic E-state index is 11.8. The molecule has 0 saturated carbocycles. The molecule has 226 valence electrons. The van der Waals surface area contributed by atoms with Crippen LogP contribution in [0.3, 0.4) is 0 Å². The molecule has 1 aliphatic heterocycles. The standard InChI is InChI=1S/C35H35N3O4S2/c1-2-36-34(40)37-20-24-6-5-7-28(18-24)25-14-16-27(17-15-25)33-41-29(19-31(42-33)26-12-10-23(21-39)11-13-26)22-43-35-38-30-8-3-4-9-32(30)44-35/h3-18,29,31,33,39H,2,19-22H2,1H3,(H2,36,37,40)/t29-,31+,33+/m0/s1. The smallest absolute Gasteiger partial charge is 0.315 e. The van der Waals surface area contributed by atoms with Crippen molar-refractivity contribution in [2.75, 3.05) is 12.3 Å². The average Bonchev–Trinajstić information content (AvgIpc) is 3.50. The normalized spacial score (nSPS) is 18.3. The summed E-state index contributed by atoms with van der Waals surface area (Å²) in [6.45, 7) is 2.95. The Morgan fingerprint density at radius 1 is 0.909 bits per heavy atom. The monoisotopic (exact) mass is 625 g/mol. The topological polar surface area (TPSA) is 92.7 Å². The van der Waals surface area contributed by atoms with Crippen molar-refractivity contribution in [3.8, 4) is 11.1 Å². The lowest BCUT2D eigenvalue weighted by Gasteiger charge is -2.36. The fourth-order valence-electron chi connectivity index (χ4n) is 5.20. The number of nitrogens with zero attached hydrogens (tertiary/aromatic N) is 1. The third-order valence-electron chi connectivity index (χ3n) is 7.52. The van der Waals surface area contributed by atoms with E-state index in [1.54, 1.807) is 23.1 Å². The highest BCUT2D eigenvalue weighted by molar-refractivity contribution is 8.01. The number of thioether (sulfide) groups is 1. The summed E-state index contributed by atoms with van der Waals surface area (Å²) in [5, 5.41) is 15.2. The van der Waals surface area contributed by atoms with Crippen molar-refractivity contribution < 1.29 is 19.4 Å². The summed E-state index contributed by atoms with van der Waals surface area (Å²) in [4.78, 5) is 16.6. The molecule has 44 heavy (non-hydrogen) atoms. The van der Waals surface area contributed by atoms with Gasteiger partial charge in [0, 0.05) is 30.8 Å². The lowest BCUT2D eigenvalue weighted by atomic mass is 9.99. The SMILES string of the molecule is CCNC(=O)NCc1cccc(-c2ccc([C@@H]3O[C@H](CSc4nc5ccccc5s4)C[C@H](c4ccc(CO)cc4)O3)cc2)c1. The molecule has 3 N–H and O–H groups in total. The van der Waals surface area contributed by atoms with Crippen LogP contribution in [0.2, 0.25) is 0 Å². The number of hydrogen-bond acceptors (Lipinski definition) is 7. The molecule has 7 nitrogen and oxygen atoms in total. The van der Waals surface area contributed by atoms with Crippen LogP contribution in [0.4, 0.5) is 4.79 Å². The Morgan fingerprint density at radius 2 is 1.70 bits per heavy atom. The number of urea groups is 1. The molecule has 6 rings (SSSR count). The number of aromatic nitrogens is 1. The van der Waals surface area contributed by atoms with Gasteiger partial charge in [0.1, 0.15) is 0 Å². The Balaban J connectivity index is 1.18. The van der Waals surface area contributed by atoms with Crippen LogP contribution in [0.15, 0.2) is 101 Å². The summed E-state index contributed by atoms with van der Waals surface area (Å²) in [5.41, 5.74) is 7.10. The van der Waals surface area contributed by atoms with E-state index < -0.39 is 6.29 Å². The quantitative estimate of drug-likeness (QED) is 0.138. The van der Waals surface area contributed by atoms with Crippen LogP contribution in [0.1, 0.15) is 48.0 Å². The van der Waals surface area contributed by atoms with Gasteiger partial charge in [-0.1, -0.05) is 90.6 Å². The Kier molecular flexibility index (Phi) is 9.89. The van der Waals surface area contributed by atoms with E-state index in [1.165, 1.54) is 4.70 Å².